The summed E-state index contributed by atoms with van der Waals surface area (Å²) in [4.78, 5) is 5.19. The van der Waals surface area contributed by atoms with Crippen molar-refractivity contribution in [3.05, 3.63) is 21.4 Å². The predicted molar refractivity (Wildman–Crippen MR) is 77.7 cm³/mol. The molecule has 0 spiro atoms. The van der Waals surface area contributed by atoms with Crippen LogP contribution >= 0.6 is 11.3 Å². The quantitative estimate of drug-likeness (QED) is 0.871. The summed E-state index contributed by atoms with van der Waals surface area (Å²) in [6.07, 6.45) is 1.13. The monoisotopic (exact) mass is 254 g/mol. The molecule has 98 valence electrons. The predicted octanol–water partition coefficient (Wildman–Crippen LogP) is 3.49. The number of thiophene rings is 1. The molecule has 1 unspecified atom stereocenters. The standard InChI is InChI=1S/C14H26N2S/c1-7-14(4,5)16(6)13(9-15)12-8-10(2)17-11(12)3/h8,13H,7,9,15H2,1-6H3. The van der Waals surface area contributed by atoms with Crippen LogP contribution in [0, 0.1) is 13.8 Å². The van der Waals surface area contributed by atoms with Crippen LogP contribution in [0.15, 0.2) is 6.07 Å². The van der Waals surface area contributed by atoms with Gasteiger partial charge in [-0.2, -0.15) is 0 Å². The lowest BCUT2D eigenvalue weighted by Gasteiger charge is -2.40. The Morgan fingerprint density at radius 1 is 1.41 bits per heavy atom. The molecule has 1 aromatic rings. The summed E-state index contributed by atoms with van der Waals surface area (Å²) in [7, 11) is 2.19. The van der Waals surface area contributed by atoms with Crippen molar-refractivity contribution in [1.29, 1.82) is 0 Å². The van der Waals surface area contributed by atoms with Crippen molar-refractivity contribution in [2.24, 2.45) is 5.73 Å². The second kappa shape index (κ2) is 5.51. The Morgan fingerprint density at radius 2 is 2.00 bits per heavy atom. The highest BCUT2D eigenvalue weighted by atomic mass is 32.1. The zero-order valence-corrected chi connectivity index (χ0v) is 12.8. The first-order valence-corrected chi connectivity index (χ1v) is 7.15. The van der Waals surface area contributed by atoms with E-state index in [4.69, 9.17) is 5.73 Å². The van der Waals surface area contributed by atoms with Gasteiger partial charge in [-0.05, 0) is 52.8 Å². The first-order chi connectivity index (χ1) is 7.83. The minimum absolute atomic E-state index is 0.187. The van der Waals surface area contributed by atoms with Gasteiger partial charge in [0.05, 0.1) is 0 Å². The van der Waals surface area contributed by atoms with Gasteiger partial charge in [0, 0.05) is 27.9 Å². The second-order valence-corrected chi connectivity index (χ2v) is 6.86. The van der Waals surface area contributed by atoms with Gasteiger partial charge in [0.1, 0.15) is 0 Å². The summed E-state index contributed by atoms with van der Waals surface area (Å²) in [6, 6.07) is 2.62. The Hall–Kier alpha value is -0.380. The molecule has 2 N–H and O–H groups in total. The molecule has 1 rings (SSSR count). The summed E-state index contributed by atoms with van der Waals surface area (Å²) in [6.45, 7) is 11.8. The minimum atomic E-state index is 0.187. The molecule has 1 heterocycles. The fraction of sp³-hybridized carbons (Fsp3) is 0.714. The molecule has 0 bridgehead atoms. The number of hydrogen-bond donors (Lipinski definition) is 1. The van der Waals surface area contributed by atoms with Crippen molar-refractivity contribution in [3.63, 3.8) is 0 Å². The topological polar surface area (TPSA) is 29.3 Å². The molecule has 17 heavy (non-hydrogen) atoms. The van der Waals surface area contributed by atoms with Gasteiger partial charge in [-0.25, -0.2) is 0 Å². The Morgan fingerprint density at radius 3 is 2.35 bits per heavy atom. The van der Waals surface area contributed by atoms with Crippen LogP contribution in [-0.2, 0) is 0 Å². The van der Waals surface area contributed by atoms with Crippen molar-refractivity contribution in [2.45, 2.75) is 52.6 Å². The van der Waals surface area contributed by atoms with E-state index in [1.807, 2.05) is 11.3 Å². The van der Waals surface area contributed by atoms with Gasteiger partial charge < -0.3 is 5.73 Å². The number of likely N-dealkylation sites (N-methyl/N-ethyl adjacent to an activating group) is 1. The molecule has 0 saturated heterocycles. The van der Waals surface area contributed by atoms with E-state index in [2.05, 4.69) is 52.6 Å². The molecule has 1 atom stereocenters. The SMILES string of the molecule is CCC(C)(C)N(C)C(CN)c1cc(C)sc1C. The number of nitrogens with zero attached hydrogens (tertiary/aromatic N) is 1. The smallest absolute Gasteiger partial charge is 0.0483 e. The Kier molecular flexibility index (Phi) is 4.76. The average Bonchev–Trinajstić information content (AvgIpc) is 2.59. The van der Waals surface area contributed by atoms with Crippen LogP contribution in [0.3, 0.4) is 0 Å². The van der Waals surface area contributed by atoms with Gasteiger partial charge >= 0.3 is 0 Å². The summed E-state index contributed by atoms with van der Waals surface area (Å²) >= 11 is 1.87. The molecule has 0 aromatic carbocycles. The maximum absolute atomic E-state index is 6.00. The maximum Gasteiger partial charge on any atom is 0.0483 e. The Labute approximate surface area is 110 Å². The highest BCUT2D eigenvalue weighted by Crippen LogP contribution is 2.33. The molecule has 0 aliphatic rings. The van der Waals surface area contributed by atoms with Crippen LogP contribution in [0.25, 0.3) is 0 Å². The molecule has 0 saturated carbocycles. The number of aryl methyl sites for hydroxylation is 2. The van der Waals surface area contributed by atoms with E-state index in [0.717, 1.165) is 6.42 Å². The van der Waals surface area contributed by atoms with Gasteiger partial charge in [-0.15, -0.1) is 11.3 Å². The minimum Gasteiger partial charge on any atom is -0.329 e. The maximum atomic E-state index is 6.00. The van der Waals surface area contributed by atoms with Crippen molar-refractivity contribution >= 4 is 11.3 Å². The summed E-state index contributed by atoms with van der Waals surface area (Å²) in [5, 5.41) is 0. The third-order valence-corrected chi connectivity index (χ3v) is 4.93. The van der Waals surface area contributed by atoms with Crippen LogP contribution in [0.4, 0.5) is 0 Å². The zero-order chi connectivity index (χ0) is 13.2. The van der Waals surface area contributed by atoms with Crippen LogP contribution in [0.5, 0.6) is 0 Å². The third-order valence-electron chi connectivity index (χ3n) is 3.95. The molecule has 0 aliphatic carbocycles. The first kappa shape index (κ1) is 14.7. The zero-order valence-electron chi connectivity index (χ0n) is 12.0. The normalized spacial score (nSPS) is 14.4. The van der Waals surface area contributed by atoms with Gasteiger partial charge in [0.15, 0.2) is 0 Å². The molecule has 3 heteroatoms. The van der Waals surface area contributed by atoms with Crippen LogP contribution in [-0.4, -0.2) is 24.0 Å². The van der Waals surface area contributed by atoms with E-state index in [9.17, 15) is 0 Å². The lowest BCUT2D eigenvalue weighted by atomic mass is 9.95. The van der Waals surface area contributed by atoms with Crippen molar-refractivity contribution in [3.8, 4) is 0 Å². The molecule has 1 aromatic heterocycles. The molecule has 0 radical (unpaired) electrons. The largest absolute Gasteiger partial charge is 0.329 e. The van der Waals surface area contributed by atoms with Crippen LogP contribution in [0.2, 0.25) is 0 Å². The van der Waals surface area contributed by atoms with Gasteiger partial charge in [0.2, 0.25) is 0 Å². The van der Waals surface area contributed by atoms with E-state index in [-0.39, 0.29) is 5.54 Å². The van der Waals surface area contributed by atoms with Gasteiger partial charge in [-0.3, -0.25) is 4.90 Å². The van der Waals surface area contributed by atoms with E-state index < -0.39 is 0 Å². The fourth-order valence-corrected chi connectivity index (χ4v) is 3.13. The lowest BCUT2D eigenvalue weighted by Crippen LogP contribution is -2.45. The van der Waals surface area contributed by atoms with E-state index in [1.54, 1.807) is 0 Å². The molecule has 0 aliphatic heterocycles. The highest BCUT2D eigenvalue weighted by molar-refractivity contribution is 7.12. The van der Waals surface area contributed by atoms with Crippen molar-refractivity contribution < 1.29 is 0 Å². The molecular formula is C14H26N2S. The summed E-state index contributed by atoms with van der Waals surface area (Å²) < 4.78 is 0. The number of rotatable bonds is 5. The first-order valence-electron chi connectivity index (χ1n) is 6.33. The van der Waals surface area contributed by atoms with E-state index >= 15 is 0 Å². The lowest BCUT2D eigenvalue weighted by molar-refractivity contribution is 0.100. The number of nitrogens with two attached hydrogens (primary N) is 1. The summed E-state index contributed by atoms with van der Waals surface area (Å²) in [5.41, 5.74) is 7.59. The molecule has 0 amide bonds. The molecule has 2 nitrogen and oxygen atoms in total. The van der Waals surface area contributed by atoms with E-state index in [1.165, 1.54) is 15.3 Å². The van der Waals surface area contributed by atoms with Gasteiger partial charge in [-0.1, -0.05) is 6.92 Å². The Bertz CT molecular complexity index is 368. The molecular weight excluding hydrogens is 228 g/mol. The average molecular weight is 254 g/mol. The Balaban J connectivity index is 3.04. The van der Waals surface area contributed by atoms with Crippen molar-refractivity contribution in [1.82, 2.24) is 4.90 Å². The second-order valence-electron chi connectivity index (χ2n) is 5.40. The third kappa shape index (κ3) is 3.09. The molecule has 0 fully saturated rings. The highest BCUT2D eigenvalue weighted by Gasteiger charge is 2.29. The van der Waals surface area contributed by atoms with Crippen LogP contribution < -0.4 is 5.73 Å². The van der Waals surface area contributed by atoms with Crippen LogP contribution in [0.1, 0.15) is 48.6 Å². The van der Waals surface area contributed by atoms with Gasteiger partial charge in [0.25, 0.3) is 0 Å². The van der Waals surface area contributed by atoms with E-state index in [0.29, 0.717) is 12.6 Å². The fourth-order valence-electron chi connectivity index (χ4n) is 2.15. The van der Waals surface area contributed by atoms with Crippen molar-refractivity contribution in [2.75, 3.05) is 13.6 Å². The summed E-state index contributed by atoms with van der Waals surface area (Å²) in [5.74, 6) is 0. The number of hydrogen-bond acceptors (Lipinski definition) is 3.